The van der Waals surface area contributed by atoms with E-state index in [4.69, 9.17) is 8.83 Å². The minimum absolute atomic E-state index is 0.0267. The molecule has 108 valence electrons. The van der Waals surface area contributed by atoms with Crippen LogP contribution in [0, 0.1) is 6.92 Å². The summed E-state index contributed by atoms with van der Waals surface area (Å²) in [6.45, 7) is 4.60. The number of esters is 1. The summed E-state index contributed by atoms with van der Waals surface area (Å²) in [6.07, 6.45) is 0. The van der Waals surface area contributed by atoms with Crippen LogP contribution in [0.4, 0.5) is 0 Å². The zero-order valence-corrected chi connectivity index (χ0v) is 12.2. The van der Waals surface area contributed by atoms with Crippen LogP contribution in [0.3, 0.4) is 0 Å². The molecule has 1 atom stereocenters. The zero-order chi connectivity index (χ0) is 14.7. The Morgan fingerprint density at radius 3 is 2.65 bits per heavy atom. The highest BCUT2D eigenvalue weighted by molar-refractivity contribution is 5.86. The van der Waals surface area contributed by atoms with Gasteiger partial charge in [-0.25, -0.2) is 4.79 Å². The molecule has 0 aliphatic rings. The topological polar surface area (TPSA) is 55.8 Å². The maximum Gasteiger partial charge on any atom is 0.373 e. The van der Waals surface area contributed by atoms with Crippen molar-refractivity contribution >= 4 is 5.97 Å². The summed E-state index contributed by atoms with van der Waals surface area (Å²) in [5.41, 5.74) is 0. The van der Waals surface area contributed by atoms with Gasteiger partial charge in [-0.3, -0.25) is 4.90 Å². The van der Waals surface area contributed by atoms with Crippen molar-refractivity contribution in [2.75, 3.05) is 14.2 Å². The number of carbonyl (C=O) groups excluding carboxylic acids is 1. The SMILES string of the molecule is COC(=O)c1ccc(C(C)N(C)Cc2ccc(C)o2)o1. The highest BCUT2D eigenvalue weighted by Gasteiger charge is 2.19. The summed E-state index contributed by atoms with van der Waals surface area (Å²) in [4.78, 5) is 13.4. The van der Waals surface area contributed by atoms with Gasteiger partial charge in [0.2, 0.25) is 5.76 Å². The fourth-order valence-electron chi connectivity index (χ4n) is 1.96. The third-order valence-corrected chi connectivity index (χ3v) is 3.29. The summed E-state index contributed by atoms with van der Waals surface area (Å²) in [5, 5.41) is 0. The van der Waals surface area contributed by atoms with Gasteiger partial charge in [0.1, 0.15) is 17.3 Å². The molecule has 0 aliphatic heterocycles. The Bertz CT molecular complexity index is 584. The standard InChI is InChI=1S/C15H19NO4/c1-10-5-6-12(19-10)9-16(3)11(2)13-7-8-14(20-13)15(17)18-4/h5-8,11H,9H2,1-4H3. The van der Waals surface area contributed by atoms with Crippen molar-refractivity contribution < 1.29 is 18.4 Å². The summed E-state index contributed by atoms with van der Waals surface area (Å²) in [7, 11) is 3.31. The van der Waals surface area contributed by atoms with E-state index in [0.717, 1.165) is 17.3 Å². The molecule has 0 radical (unpaired) electrons. The number of hydrogen-bond donors (Lipinski definition) is 0. The van der Waals surface area contributed by atoms with E-state index in [1.165, 1.54) is 7.11 Å². The van der Waals surface area contributed by atoms with Crippen LogP contribution in [0.15, 0.2) is 33.1 Å². The van der Waals surface area contributed by atoms with Crippen molar-refractivity contribution in [3.8, 4) is 0 Å². The van der Waals surface area contributed by atoms with E-state index in [1.807, 2.05) is 33.0 Å². The van der Waals surface area contributed by atoms with Crippen molar-refractivity contribution in [2.45, 2.75) is 26.4 Å². The maximum absolute atomic E-state index is 11.4. The summed E-state index contributed by atoms with van der Waals surface area (Å²) in [5.74, 6) is 2.27. The average molecular weight is 277 g/mol. The molecule has 2 aromatic heterocycles. The lowest BCUT2D eigenvalue weighted by Crippen LogP contribution is -2.21. The zero-order valence-electron chi connectivity index (χ0n) is 12.2. The molecular formula is C15H19NO4. The molecule has 0 aromatic carbocycles. The Morgan fingerprint density at radius 2 is 2.05 bits per heavy atom. The van der Waals surface area contributed by atoms with Crippen LogP contribution in [0.5, 0.6) is 0 Å². The summed E-state index contributed by atoms with van der Waals surface area (Å²) < 4.78 is 15.7. The fourth-order valence-corrected chi connectivity index (χ4v) is 1.96. The van der Waals surface area contributed by atoms with Gasteiger partial charge in [-0.2, -0.15) is 0 Å². The Labute approximate surface area is 118 Å². The van der Waals surface area contributed by atoms with Crippen LogP contribution in [0.25, 0.3) is 0 Å². The second-order valence-electron chi connectivity index (χ2n) is 4.80. The summed E-state index contributed by atoms with van der Waals surface area (Å²) >= 11 is 0. The molecule has 0 fully saturated rings. The van der Waals surface area contributed by atoms with Crippen molar-refractivity contribution in [1.29, 1.82) is 0 Å². The van der Waals surface area contributed by atoms with Gasteiger partial charge in [0.25, 0.3) is 0 Å². The molecule has 2 rings (SSSR count). The van der Waals surface area contributed by atoms with Gasteiger partial charge in [0.15, 0.2) is 0 Å². The number of ether oxygens (including phenoxy) is 1. The van der Waals surface area contributed by atoms with E-state index >= 15 is 0 Å². The van der Waals surface area contributed by atoms with E-state index in [1.54, 1.807) is 12.1 Å². The smallest absolute Gasteiger partial charge is 0.373 e. The quantitative estimate of drug-likeness (QED) is 0.786. The Kier molecular flexibility index (Phi) is 4.29. The first kappa shape index (κ1) is 14.4. The number of aryl methyl sites for hydroxylation is 1. The molecule has 1 unspecified atom stereocenters. The van der Waals surface area contributed by atoms with Gasteiger partial charge < -0.3 is 13.6 Å². The Morgan fingerprint density at radius 1 is 1.30 bits per heavy atom. The first-order chi connectivity index (χ1) is 9.51. The van der Waals surface area contributed by atoms with Gasteiger partial charge in [0.05, 0.1) is 19.7 Å². The molecule has 0 N–H and O–H groups in total. The molecule has 0 saturated heterocycles. The van der Waals surface area contributed by atoms with E-state index < -0.39 is 5.97 Å². The van der Waals surface area contributed by atoms with Gasteiger partial charge in [-0.1, -0.05) is 0 Å². The number of hydrogen-bond acceptors (Lipinski definition) is 5. The van der Waals surface area contributed by atoms with Crippen molar-refractivity contribution in [2.24, 2.45) is 0 Å². The number of methoxy groups -OCH3 is 1. The number of furan rings is 2. The molecule has 0 aliphatic carbocycles. The van der Waals surface area contributed by atoms with Gasteiger partial charge in [-0.05, 0) is 45.2 Å². The largest absolute Gasteiger partial charge is 0.465 e. The molecule has 0 spiro atoms. The minimum Gasteiger partial charge on any atom is -0.465 e. The van der Waals surface area contributed by atoms with Crippen LogP contribution in [0.1, 0.15) is 40.8 Å². The molecule has 0 saturated carbocycles. The molecule has 20 heavy (non-hydrogen) atoms. The van der Waals surface area contributed by atoms with Gasteiger partial charge >= 0.3 is 5.97 Å². The molecule has 5 nitrogen and oxygen atoms in total. The lowest BCUT2D eigenvalue weighted by molar-refractivity contribution is 0.0559. The minimum atomic E-state index is -0.465. The van der Waals surface area contributed by atoms with Crippen LogP contribution < -0.4 is 0 Å². The molecular weight excluding hydrogens is 258 g/mol. The van der Waals surface area contributed by atoms with Crippen LogP contribution in [-0.4, -0.2) is 25.0 Å². The van der Waals surface area contributed by atoms with Gasteiger partial charge in [0, 0.05) is 0 Å². The fraction of sp³-hybridized carbons (Fsp3) is 0.400. The Balaban J connectivity index is 2.04. The summed E-state index contributed by atoms with van der Waals surface area (Å²) in [6, 6.07) is 7.35. The first-order valence-electron chi connectivity index (χ1n) is 6.45. The Hall–Kier alpha value is -2.01. The lowest BCUT2D eigenvalue weighted by atomic mass is 10.2. The number of carbonyl (C=O) groups is 1. The van der Waals surface area contributed by atoms with Crippen molar-refractivity contribution in [1.82, 2.24) is 4.90 Å². The lowest BCUT2D eigenvalue weighted by Gasteiger charge is -2.21. The van der Waals surface area contributed by atoms with Crippen LogP contribution in [0.2, 0.25) is 0 Å². The third-order valence-electron chi connectivity index (χ3n) is 3.29. The van der Waals surface area contributed by atoms with E-state index in [9.17, 15) is 4.79 Å². The highest BCUT2D eigenvalue weighted by Crippen LogP contribution is 2.23. The highest BCUT2D eigenvalue weighted by atomic mass is 16.5. The molecule has 0 amide bonds. The second-order valence-corrected chi connectivity index (χ2v) is 4.80. The monoisotopic (exact) mass is 277 g/mol. The predicted molar refractivity (Wildman–Crippen MR) is 73.4 cm³/mol. The number of nitrogens with zero attached hydrogens (tertiary/aromatic N) is 1. The third kappa shape index (κ3) is 3.11. The van der Waals surface area contributed by atoms with E-state index in [2.05, 4.69) is 9.64 Å². The molecule has 2 heterocycles. The number of rotatable bonds is 5. The van der Waals surface area contributed by atoms with Crippen LogP contribution in [-0.2, 0) is 11.3 Å². The van der Waals surface area contributed by atoms with Gasteiger partial charge in [-0.15, -0.1) is 0 Å². The predicted octanol–water partition coefficient (Wildman–Crippen LogP) is 3.16. The second kappa shape index (κ2) is 5.96. The molecule has 5 heteroatoms. The molecule has 0 bridgehead atoms. The maximum atomic E-state index is 11.4. The van der Waals surface area contributed by atoms with E-state index in [-0.39, 0.29) is 11.8 Å². The van der Waals surface area contributed by atoms with Crippen molar-refractivity contribution in [3.63, 3.8) is 0 Å². The average Bonchev–Trinajstić information content (AvgIpc) is 3.06. The van der Waals surface area contributed by atoms with E-state index in [0.29, 0.717) is 6.54 Å². The van der Waals surface area contributed by atoms with Crippen molar-refractivity contribution in [3.05, 3.63) is 47.3 Å². The molecule has 2 aromatic rings. The normalized spacial score (nSPS) is 12.7. The van der Waals surface area contributed by atoms with Crippen LogP contribution >= 0.6 is 0 Å². The first-order valence-corrected chi connectivity index (χ1v) is 6.45.